The molecule has 0 aliphatic heterocycles. The molecule has 0 aliphatic carbocycles. The minimum atomic E-state index is -4.48. The van der Waals surface area contributed by atoms with Crippen LogP contribution in [0.25, 0.3) is 0 Å². The van der Waals surface area contributed by atoms with Crippen molar-refractivity contribution in [2.24, 2.45) is 23.5 Å². The van der Waals surface area contributed by atoms with Gasteiger partial charge in [-0.25, -0.2) is 4.57 Å². The van der Waals surface area contributed by atoms with Crippen LogP contribution in [0, 0.1) is 17.8 Å². The summed E-state index contributed by atoms with van der Waals surface area (Å²) in [5.74, 6) is 0.371. The van der Waals surface area contributed by atoms with Crippen molar-refractivity contribution in [2.75, 3.05) is 0 Å². The van der Waals surface area contributed by atoms with E-state index in [1.807, 2.05) is 27.7 Å². The molecule has 0 saturated heterocycles. The fourth-order valence-corrected chi connectivity index (χ4v) is 2.22. The summed E-state index contributed by atoms with van der Waals surface area (Å²) in [5, 5.41) is 0. The Bertz CT molecular complexity index is 223. The first kappa shape index (κ1) is 24.4. The van der Waals surface area contributed by atoms with E-state index in [-0.39, 0.29) is 123 Å². The van der Waals surface area contributed by atoms with E-state index >= 15 is 0 Å². The van der Waals surface area contributed by atoms with Gasteiger partial charge in [-0.1, -0.05) is 27.7 Å². The molecule has 0 amide bonds. The predicted molar refractivity (Wildman–Crippen MR) is 56.5 cm³/mol. The molecule has 1 unspecified atom stereocenters. The molecule has 5 nitrogen and oxygen atoms in total. The Kier molecular flexibility index (Phi) is 16.8. The van der Waals surface area contributed by atoms with Crippen molar-refractivity contribution >= 4 is 7.82 Å². The molecule has 4 N–H and O–H groups in total. The SMILES string of the molecule is CC(C)C(C(C)C)C(N)OP(=O)(O)O.[H-].[H-].[K+].[K+]. The van der Waals surface area contributed by atoms with Gasteiger partial charge in [0.2, 0.25) is 0 Å². The normalized spacial score (nSPS) is 13.6. The largest absolute Gasteiger partial charge is 1.00 e. The molecule has 0 aromatic heterocycles. The summed E-state index contributed by atoms with van der Waals surface area (Å²) in [6.45, 7) is 7.81. The van der Waals surface area contributed by atoms with Crippen molar-refractivity contribution in [2.45, 2.75) is 33.9 Å². The summed E-state index contributed by atoms with van der Waals surface area (Å²) in [7, 11) is -4.48. The van der Waals surface area contributed by atoms with E-state index in [1.54, 1.807) is 0 Å². The molecule has 0 saturated carbocycles. The van der Waals surface area contributed by atoms with Crippen LogP contribution in [0.3, 0.4) is 0 Å². The summed E-state index contributed by atoms with van der Waals surface area (Å²) >= 11 is 0. The summed E-state index contributed by atoms with van der Waals surface area (Å²) in [6, 6.07) is 0. The number of phosphoric ester groups is 1. The van der Waals surface area contributed by atoms with Crippen LogP contribution in [0.2, 0.25) is 0 Å². The molecule has 0 aromatic rings. The molecule has 0 spiro atoms. The van der Waals surface area contributed by atoms with Gasteiger partial charge in [0.1, 0.15) is 6.23 Å². The zero-order chi connectivity index (χ0) is 11.5. The average molecular weight is 305 g/mol. The van der Waals surface area contributed by atoms with Crippen LogP contribution >= 0.6 is 7.82 Å². The number of hydrogen-bond acceptors (Lipinski definition) is 3. The molecule has 0 aliphatic rings. The molecule has 16 heavy (non-hydrogen) atoms. The second kappa shape index (κ2) is 11.1. The molecule has 0 heterocycles. The Hall–Kier alpha value is 3.34. The zero-order valence-electron chi connectivity index (χ0n) is 13.0. The Morgan fingerprint density at radius 2 is 1.44 bits per heavy atom. The topological polar surface area (TPSA) is 92.8 Å². The molecule has 90 valence electrons. The minimum absolute atomic E-state index is 0. The second-order valence-electron chi connectivity index (χ2n) is 4.13. The summed E-state index contributed by atoms with van der Waals surface area (Å²) in [4.78, 5) is 17.2. The molecular weight excluding hydrogens is 283 g/mol. The monoisotopic (exact) mass is 305 g/mol. The Labute approximate surface area is 186 Å². The van der Waals surface area contributed by atoms with Gasteiger partial charge in [-0.05, 0) is 11.8 Å². The van der Waals surface area contributed by atoms with Gasteiger partial charge >= 0.3 is 111 Å². The Balaban J connectivity index is -0.000000141. The number of rotatable bonds is 5. The number of nitrogens with two attached hydrogens (primary N) is 1. The van der Waals surface area contributed by atoms with Crippen LogP contribution < -0.4 is 109 Å². The van der Waals surface area contributed by atoms with Crippen LogP contribution in [0.4, 0.5) is 0 Å². The van der Waals surface area contributed by atoms with Crippen molar-refractivity contribution < 1.29 is 124 Å². The van der Waals surface area contributed by atoms with E-state index in [4.69, 9.17) is 15.5 Å². The van der Waals surface area contributed by atoms with E-state index < -0.39 is 14.1 Å². The summed E-state index contributed by atoms with van der Waals surface area (Å²) < 4.78 is 15.1. The van der Waals surface area contributed by atoms with Crippen LogP contribution in [-0.4, -0.2) is 16.0 Å². The van der Waals surface area contributed by atoms with Gasteiger partial charge in [0.05, 0.1) is 0 Å². The van der Waals surface area contributed by atoms with Crippen molar-refractivity contribution in [1.82, 2.24) is 0 Å². The first-order chi connectivity index (χ1) is 6.15. The van der Waals surface area contributed by atoms with Gasteiger partial charge in [-0.2, -0.15) is 0 Å². The van der Waals surface area contributed by atoms with Gasteiger partial charge in [-0.15, -0.1) is 0 Å². The maximum absolute atomic E-state index is 10.6. The first-order valence-corrected chi connectivity index (χ1v) is 6.17. The van der Waals surface area contributed by atoms with Crippen LogP contribution in [-0.2, 0) is 9.09 Å². The second-order valence-corrected chi connectivity index (χ2v) is 5.32. The molecule has 0 bridgehead atoms. The first-order valence-electron chi connectivity index (χ1n) is 4.64. The smallest absolute Gasteiger partial charge is 1.00 e. The van der Waals surface area contributed by atoms with Crippen molar-refractivity contribution in [1.29, 1.82) is 0 Å². The van der Waals surface area contributed by atoms with Gasteiger partial charge in [0.15, 0.2) is 0 Å². The van der Waals surface area contributed by atoms with E-state index in [0.29, 0.717) is 0 Å². The maximum atomic E-state index is 10.6. The van der Waals surface area contributed by atoms with E-state index in [0.717, 1.165) is 0 Å². The Morgan fingerprint density at radius 1 is 1.12 bits per heavy atom. The van der Waals surface area contributed by atoms with E-state index in [2.05, 4.69) is 4.52 Å². The van der Waals surface area contributed by atoms with Gasteiger partial charge in [-0.3, -0.25) is 4.52 Å². The van der Waals surface area contributed by atoms with Crippen molar-refractivity contribution in [3.63, 3.8) is 0 Å². The standard InChI is InChI=1S/C8H20NO4P.2K.2H/c1-5(2)7(6(3)4)8(9)13-14(10,11)12;;;;/h5-8H,9H2,1-4H3,(H2,10,11,12);;;;/q;2*+1;2*-1. The predicted octanol–water partition coefficient (Wildman–Crippen LogP) is -4.46. The third kappa shape index (κ3) is 11.2. The average Bonchev–Trinajstić information content (AvgIpc) is 1.78. The fourth-order valence-electron chi connectivity index (χ4n) is 1.76. The fraction of sp³-hybridized carbons (Fsp3) is 1.00. The third-order valence-corrected chi connectivity index (χ3v) is 2.70. The number of phosphoric acid groups is 1. The van der Waals surface area contributed by atoms with Crippen LogP contribution in [0.5, 0.6) is 0 Å². The van der Waals surface area contributed by atoms with E-state index in [9.17, 15) is 4.57 Å². The van der Waals surface area contributed by atoms with Gasteiger partial charge in [0.25, 0.3) is 0 Å². The Morgan fingerprint density at radius 3 is 1.62 bits per heavy atom. The molecule has 0 rings (SSSR count). The molecule has 0 fully saturated rings. The number of hydrogen-bond donors (Lipinski definition) is 3. The molecular formula is C8H22K2NO4P. The quantitative estimate of drug-likeness (QED) is 0.271. The van der Waals surface area contributed by atoms with Crippen LogP contribution in [0.15, 0.2) is 0 Å². The maximum Gasteiger partial charge on any atom is 1.00 e. The molecule has 1 atom stereocenters. The van der Waals surface area contributed by atoms with Crippen molar-refractivity contribution in [3.05, 3.63) is 0 Å². The van der Waals surface area contributed by atoms with Gasteiger partial charge in [0, 0.05) is 5.92 Å². The van der Waals surface area contributed by atoms with Crippen LogP contribution in [0.1, 0.15) is 30.5 Å². The molecule has 0 radical (unpaired) electrons. The van der Waals surface area contributed by atoms with Gasteiger partial charge < -0.3 is 18.4 Å². The summed E-state index contributed by atoms with van der Waals surface area (Å²) in [6.07, 6.45) is -0.921. The third-order valence-electron chi connectivity index (χ3n) is 2.18. The zero-order valence-corrected chi connectivity index (χ0v) is 18.2. The molecule has 8 heteroatoms. The summed E-state index contributed by atoms with van der Waals surface area (Å²) in [5.41, 5.74) is 5.59. The van der Waals surface area contributed by atoms with Crippen molar-refractivity contribution in [3.8, 4) is 0 Å². The van der Waals surface area contributed by atoms with E-state index in [1.165, 1.54) is 0 Å². The molecule has 0 aromatic carbocycles. The minimum Gasteiger partial charge on any atom is -1.00 e.